The van der Waals surface area contributed by atoms with E-state index in [0.717, 1.165) is 11.1 Å². The van der Waals surface area contributed by atoms with E-state index in [9.17, 15) is 19.1 Å². The molecule has 0 spiro atoms. The lowest BCUT2D eigenvalue weighted by atomic mass is 10.1. The number of esters is 2. The maximum absolute atomic E-state index is 14.3. The number of alkyl halides is 1. The van der Waals surface area contributed by atoms with Gasteiger partial charge in [-0.2, -0.15) is 0 Å². The molecule has 0 saturated carbocycles. The largest absolute Gasteiger partial charge is 0.459 e. The molecule has 0 aromatic heterocycles. The lowest BCUT2D eigenvalue weighted by Gasteiger charge is -2.19. The quantitative estimate of drug-likeness (QED) is 0.794. The molecule has 28 heavy (non-hydrogen) atoms. The van der Waals surface area contributed by atoms with Gasteiger partial charge in [-0.05, 0) is 38.1 Å². The number of hydrogen-bond acceptors (Lipinski definition) is 6. The lowest BCUT2D eigenvalue weighted by molar-refractivity contribution is -0.122. The Morgan fingerprint density at radius 1 is 0.964 bits per heavy atom. The maximum Gasteiger partial charge on any atom is 0.338 e. The Hall–Kier alpha value is -2.77. The van der Waals surface area contributed by atoms with Crippen LogP contribution in [-0.2, 0) is 14.2 Å². The first-order valence-electron chi connectivity index (χ1n) is 8.84. The molecule has 0 bridgehead atoms. The van der Waals surface area contributed by atoms with E-state index in [1.165, 1.54) is 0 Å². The number of hydrogen-bond donors (Lipinski definition) is 1. The number of aliphatic hydroxyl groups is 1. The first kappa shape index (κ1) is 20.0. The predicted molar refractivity (Wildman–Crippen MR) is 97.6 cm³/mol. The second-order valence-corrected chi connectivity index (χ2v) is 6.71. The first-order valence-corrected chi connectivity index (χ1v) is 8.84. The zero-order chi connectivity index (χ0) is 20.3. The van der Waals surface area contributed by atoms with Crippen molar-refractivity contribution in [2.45, 2.75) is 38.5 Å². The van der Waals surface area contributed by atoms with Crippen molar-refractivity contribution in [2.24, 2.45) is 0 Å². The van der Waals surface area contributed by atoms with Gasteiger partial charge in [-0.1, -0.05) is 35.4 Å². The standard InChI is InChI=1S/C21H21FO6/c1-12-3-7-14(8-4-12)19(23)26-11-16-18(17(22)21(25)27-16)28-20(24)15-9-5-13(2)6-10-15/h3-10,16-18,21,25H,11H2,1-2H3/t16?,17-,18+,21?/m0/s1. The SMILES string of the molecule is Cc1ccc(C(=O)OCC2OC(O)[C@@H](F)[C@@H]2OC(=O)c2ccc(C)cc2)cc1. The van der Waals surface area contributed by atoms with Crippen molar-refractivity contribution >= 4 is 11.9 Å². The molecule has 0 amide bonds. The van der Waals surface area contributed by atoms with Crippen molar-refractivity contribution < 1.29 is 33.3 Å². The highest BCUT2D eigenvalue weighted by molar-refractivity contribution is 5.90. The summed E-state index contributed by atoms with van der Waals surface area (Å²) in [4.78, 5) is 24.4. The molecule has 1 aliphatic heterocycles. The Labute approximate surface area is 161 Å². The number of benzene rings is 2. The number of aryl methyl sites for hydroxylation is 2. The summed E-state index contributed by atoms with van der Waals surface area (Å²) in [5, 5.41) is 9.64. The number of carbonyl (C=O) groups is 2. The van der Waals surface area contributed by atoms with Crippen LogP contribution in [0, 0.1) is 13.8 Å². The van der Waals surface area contributed by atoms with Crippen LogP contribution in [0.15, 0.2) is 48.5 Å². The Kier molecular flexibility index (Phi) is 6.06. The molecule has 3 rings (SSSR count). The van der Waals surface area contributed by atoms with Crippen LogP contribution >= 0.6 is 0 Å². The minimum Gasteiger partial charge on any atom is -0.459 e. The molecule has 148 valence electrons. The number of rotatable bonds is 5. The Bertz CT molecular complexity index is 833. The van der Waals surface area contributed by atoms with E-state index in [-0.39, 0.29) is 12.2 Å². The molecule has 1 N–H and O–H groups in total. The van der Waals surface area contributed by atoms with Crippen molar-refractivity contribution in [3.05, 3.63) is 70.8 Å². The van der Waals surface area contributed by atoms with Crippen LogP contribution in [0.3, 0.4) is 0 Å². The third-order valence-corrected chi connectivity index (χ3v) is 4.46. The molecular weight excluding hydrogens is 367 g/mol. The fraction of sp³-hybridized carbons (Fsp3) is 0.333. The van der Waals surface area contributed by atoms with E-state index in [2.05, 4.69) is 0 Å². The fourth-order valence-corrected chi connectivity index (χ4v) is 2.79. The monoisotopic (exact) mass is 388 g/mol. The van der Waals surface area contributed by atoms with Crippen LogP contribution in [-0.4, -0.2) is 48.3 Å². The molecular formula is C21H21FO6. The smallest absolute Gasteiger partial charge is 0.338 e. The third kappa shape index (κ3) is 4.55. The topological polar surface area (TPSA) is 82.1 Å². The summed E-state index contributed by atoms with van der Waals surface area (Å²) in [7, 11) is 0. The molecule has 1 heterocycles. The van der Waals surface area contributed by atoms with E-state index in [0.29, 0.717) is 5.56 Å². The normalized spacial score (nSPS) is 24.0. The summed E-state index contributed by atoms with van der Waals surface area (Å²) in [6.45, 7) is 3.39. The highest BCUT2D eigenvalue weighted by atomic mass is 19.1. The van der Waals surface area contributed by atoms with Crippen molar-refractivity contribution in [3.63, 3.8) is 0 Å². The van der Waals surface area contributed by atoms with Gasteiger partial charge in [0.05, 0.1) is 11.1 Å². The molecule has 7 heteroatoms. The second kappa shape index (κ2) is 8.50. The van der Waals surface area contributed by atoms with E-state index in [4.69, 9.17) is 14.2 Å². The van der Waals surface area contributed by atoms with Crippen LogP contribution in [0.5, 0.6) is 0 Å². The van der Waals surface area contributed by atoms with Gasteiger partial charge in [-0.15, -0.1) is 0 Å². The van der Waals surface area contributed by atoms with Gasteiger partial charge in [0, 0.05) is 0 Å². The van der Waals surface area contributed by atoms with Gasteiger partial charge in [0.15, 0.2) is 18.6 Å². The zero-order valence-corrected chi connectivity index (χ0v) is 15.5. The molecule has 2 unspecified atom stereocenters. The van der Waals surface area contributed by atoms with Crippen molar-refractivity contribution in [1.82, 2.24) is 0 Å². The van der Waals surface area contributed by atoms with Gasteiger partial charge in [-0.3, -0.25) is 0 Å². The molecule has 1 aliphatic rings. The van der Waals surface area contributed by atoms with Gasteiger partial charge >= 0.3 is 11.9 Å². The Morgan fingerprint density at radius 3 is 2.00 bits per heavy atom. The molecule has 1 saturated heterocycles. The Balaban J connectivity index is 1.63. The van der Waals surface area contributed by atoms with Crippen LogP contribution in [0.2, 0.25) is 0 Å². The fourth-order valence-electron chi connectivity index (χ4n) is 2.79. The zero-order valence-electron chi connectivity index (χ0n) is 15.5. The highest BCUT2D eigenvalue weighted by Crippen LogP contribution is 2.27. The first-order chi connectivity index (χ1) is 13.3. The number of ether oxygens (including phenoxy) is 3. The minimum atomic E-state index is -1.95. The summed E-state index contributed by atoms with van der Waals surface area (Å²) in [5.74, 6) is -1.37. The van der Waals surface area contributed by atoms with Crippen molar-refractivity contribution in [2.75, 3.05) is 6.61 Å². The molecule has 1 fully saturated rings. The van der Waals surface area contributed by atoms with Crippen molar-refractivity contribution in [1.29, 1.82) is 0 Å². The lowest BCUT2D eigenvalue weighted by Crippen LogP contribution is -2.37. The summed E-state index contributed by atoms with van der Waals surface area (Å²) < 4.78 is 29.7. The van der Waals surface area contributed by atoms with Gasteiger partial charge in [-0.25, -0.2) is 14.0 Å². The molecule has 6 nitrogen and oxygen atoms in total. The highest BCUT2D eigenvalue weighted by Gasteiger charge is 2.47. The number of halogens is 1. The number of aliphatic hydroxyl groups excluding tert-OH is 1. The summed E-state index contributed by atoms with van der Waals surface area (Å²) in [6.07, 6.45) is -6.22. The molecule has 4 atom stereocenters. The number of carbonyl (C=O) groups excluding carboxylic acids is 2. The minimum absolute atomic E-state index is 0.245. The predicted octanol–water partition coefficient (Wildman–Crippen LogP) is 2.74. The maximum atomic E-state index is 14.3. The van der Waals surface area contributed by atoms with Crippen LogP contribution in [0.25, 0.3) is 0 Å². The Morgan fingerprint density at radius 2 is 1.46 bits per heavy atom. The second-order valence-electron chi connectivity index (χ2n) is 6.71. The van der Waals surface area contributed by atoms with Gasteiger partial charge in [0.2, 0.25) is 0 Å². The van der Waals surface area contributed by atoms with Crippen LogP contribution < -0.4 is 0 Å². The van der Waals surface area contributed by atoms with E-state index >= 15 is 0 Å². The van der Waals surface area contributed by atoms with E-state index in [1.807, 2.05) is 13.8 Å². The van der Waals surface area contributed by atoms with E-state index < -0.39 is 36.6 Å². The molecule has 0 aliphatic carbocycles. The molecule has 2 aromatic carbocycles. The summed E-state index contributed by atoms with van der Waals surface area (Å²) >= 11 is 0. The average molecular weight is 388 g/mol. The van der Waals surface area contributed by atoms with Crippen molar-refractivity contribution in [3.8, 4) is 0 Å². The van der Waals surface area contributed by atoms with E-state index in [1.54, 1.807) is 48.5 Å². The average Bonchev–Trinajstić information content (AvgIpc) is 2.95. The van der Waals surface area contributed by atoms with Gasteiger partial charge < -0.3 is 19.3 Å². The molecule has 0 radical (unpaired) electrons. The van der Waals surface area contributed by atoms with Crippen LogP contribution in [0.1, 0.15) is 31.8 Å². The molecule has 2 aromatic rings. The summed E-state index contributed by atoms with van der Waals surface area (Å²) in [5.41, 5.74) is 2.52. The summed E-state index contributed by atoms with van der Waals surface area (Å²) in [6, 6.07) is 13.3. The third-order valence-electron chi connectivity index (χ3n) is 4.46. The van der Waals surface area contributed by atoms with Gasteiger partial charge in [0.25, 0.3) is 0 Å². The van der Waals surface area contributed by atoms with Crippen LogP contribution in [0.4, 0.5) is 4.39 Å². The van der Waals surface area contributed by atoms with Gasteiger partial charge in [0.1, 0.15) is 12.7 Å².